The van der Waals surface area contributed by atoms with Crippen molar-refractivity contribution in [1.29, 1.82) is 0 Å². The molecule has 12 nitrogen and oxygen atoms in total. The van der Waals surface area contributed by atoms with Crippen molar-refractivity contribution in [3.05, 3.63) is 96.6 Å². The minimum atomic E-state index is -0.933. The minimum Gasteiger partial charge on any atom is -0.465 e. The molecule has 3 aromatic heterocycles. The molecular weight excluding hydrogens is 667 g/mol. The first-order chi connectivity index (χ1) is 25.6. The number of benzene rings is 2. The Morgan fingerprint density at radius 3 is 2.17 bits per heavy atom. The number of carboxylic acid groups (broad SMARTS) is 1. The van der Waals surface area contributed by atoms with E-state index in [2.05, 4.69) is 59.5 Å². The van der Waals surface area contributed by atoms with E-state index in [1.807, 2.05) is 65.7 Å². The second-order valence-electron chi connectivity index (χ2n) is 15.1. The largest absolute Gasteiger partial charge is 0.465 e. The lowest BCUT2D eigenvalue weighted by molar-refractivity contribution is -0.138. The molecule has 2 saturated heterocycles. The third kappa shape index (κ3) is 6.60. The molecule has 0 unspecified atom stereocenters. The second kappa shape index (κ2) is 14.6. The summed E-state index contributed by atoms with van der Waals surface area (Å²) in [5.41, 5.74) is 4.14. The van der Waals surface area contributed by atoms with Gasteiger partial charge in [-0.1, -0.05) is 89.2 Å². The van der Waals surface area contributed by atoms with Crippen LogP contribution in [0.1, 0.15) is 89.6 Å². The minimum absolute atomic E-state index is 0.108. The summed E-state index contributed by atoms with van der Waals surface area (Å²) in [5.74, 6) is 2.16. The first-order valence-corrected chi connectivity index (χ1v) is 18.7. The number of nitrogens with zero attached hydrogens (tertiary/aromatic N) is 7. The van der Waals surface area contributed by atoms with Gasteiger partial charge in [0, 0.05) is 36.6 Å². The number of carbonyl (C=O) groups is 2. The Morgan fingerprint density at radius 1 is 0.849 bits per heavy atom. The summed E-state index contributed by atoms with van der Waals surface area (Å²) < 4.78 is 0. The zero-order valence-corrected chi connectivity index (χ0v) is 31.2. The van der Waals surface area contributed by atoms with E-state index >= 15 is 0 Å². The quantitative estimate of drug-likeness (QED) is 0.133. The normalized spacial score (nSPS) is 19.6. The van der Waals surface area contributed by atoms with Crippen LogP contribution in [0.15, 0.2) is 79.4 Å². The van der Waals surface area contributed by atoms with Crippen LogP contribution in [0.3, 0.4) is 0 Å². The molecule has 0 radical (unpaired) electrons. The van der Waals surface area contributed by atoms with Gasteiger partial charge in [-0.25, -0.2) is 24.7 Å². The van der Waals surface area contributed by atoms with Crippen molar-refractivity contribution < 1.29 is 14.7 Å². The molecule has 0 spiro atoms. The van der Waals surface area contributed by atoms with Crippen LogP contribution in [0.5, 0.6) is 0 Å². The van der Waals surface area contributed by atoms with Gasteiger partial charge in [0.05, 0.1) is 29.8 Å². The lowest BCUT2D eigenvalue weighted by Gasteiger charge is -2.45. The number of aromatic nitrogens is 6. The van der Waals surface area contributed by atoms with E-state index in [-0.39, 0.29) is 23.4 Å². The smallest absolute Gasteiger partial charge is 0.408 e. The van der Waals surface area contributed by atoms with Gasteiger partial charge in [0.2, 0.25) is 5.91 Å². The Labute approximate surface area is 310 Å². The monoisotopic (exact) mass is 715 g/mol. The van der Waals surface area contributed by atoms with E-state index in [0.717, 1.165) is 71.8 Å². The molecule has 5 aromatic rings. The number of imidazole rings is 2. The van der Waals surface area contributed by atoms with Gasteiger partial charge in [-0.3, -0.25) is 14.6 Å². The fraction of sp³-hybridized carbons (Fsp3) is 0.415. The van der Waals surface area contributed by atoms with Crippen LogP contribution in [-0.2, 0) is 10.3 Å². The first kappa shape index (κ1) is 36.0. The van der Waals surface area contributed by atoms with Gasteiger partial charge in [0.15, 0.2) is 5.82 Å². The SMILES string of the molecule is CCN(CC)[C@@H](C(=O)N1CCC[C@H]1c1ncc(-c2ccc(-c3ncc(-c4cnc([C@@]5(C(C)(C)C)CCCN5C(=O)O)[nH]4)cn3)cc2)[nH]1)c1ccccc1. The molecule has 53 heavy (non-hydrogen) atoms. The van der Waals surface area contributed by atoms with Gasteiger partial charge in [0.25, 0.3) is 0 Å². The topological polar surface area (TPSA) is 147 Å². The number of rotatable bonds is 10. The molecule has 3 N–H and O–H groups in total. The number of hydrogen-bond donors (Lipinski definition) is 3. The highest BCUT2D eigenvalue weighted by atomic mass is 16.4. The fourth-order valence-electron chi connectivity index (χ4n) is 8.41. The summed E-state index contributed by atoms with van der Waals surface area (Å²) in [4.78, 5) is 57.9. The predicted octanol–water partition coefficient (Wildman–Crippen LogP) is 7.69. The molecule has 0 saturated carbocycles. The highest BCUT2D eigenvalue weighted by Crippen LogP contribution is 2.50. The Hall–Kier alpha value is -5.36. The van der Waals surface area contributed by atoms with Gasteiger partial charge in [-0.2, -0.15) is 0 Å². The van der Waals surface area contributed by atoms with Crippen molar-refractivity contribution in [2.45, 2.75) is 77.9 Å². The van der Waals surface area contributed by atoms with Crippen LogP contribution in [0.25, 0.3) is 33.9 Å². The average molecular weight is 716 g/mol. The number of hydrogen-bond acceptors (Lipinski definition) is 7. The van der Waals surface area contributed by atoms with Crippen molar-refractivity contribution in [3.8, 4) is 33.9 Å². The van der Waals surface area contributed by atoms with Crippen LogP contribution in [0.2, 0.25) is 0 Å². The molecule has 2 amide bonds. The second-order valence-corrected chi connectivity index (χ2v) is 15.1. The summed E-state index contributed by atoms with van der Waals surface area (Å²) >= 11 is 0. The van der Waals surface area contributed by atoms with Gasteiger partial charge >= 0.3 is 6.09 Å². The third-order valence-corrected chi connectivity index (χ3v) is 11.2. The molecule has 3 atom stereocenters. The average Bonchev–Trinajstić information content (AvgIpc) is 4.00. The standard InChI is InChI=1S/C41H49N9O3/c1-6-48(7-2)34(28-13-9-8-10-14-28)37(51)49-21-11-15-33(49)36-44-25-31(46-36)27-16-18-29(19-17-27)35-42-23-30(24-43-35)32-26-45-38(47-32)41(40(3,4)5)20-12-22-50(41)39(52)53/h8-10,13-14,16-19,23-26,33-34H,6-7,11-12,15,20-22H2,1-5H3,(H,44,46)(H,45,47)(H,52,53)/t33-,34+,41+/m0/s1. The van der Waals surface area contributed by atoms with Crippen molar-refractivity contribution >= 4 is 12.0 Å². The maximum absolute atomic E-state index is 14.2. The zero-order chi connectivity index (χ0) is 37.3. The van der Waals surface area contributed by atoms with Gasteiger partial charge in [-0.05, 0) is 55.3 Å². The van der Waals surface area contributed by atoms with Crippen LogP contribution in [-0.4, -0.2) is 87.9 Å². The molecule has 7 rings (SSSR count). The van der Waals surface area contributed by atoms with E-state index in [1.165, 1.54) is 4.90 Å². The number of H-pyrrole nitrogens is 2. The van der Waals surface area contributed by atoms with Crippen molar-refractivity contribution in [2.75, 3.05) is 26.2 Å². The molecule has 2 aromatic carbocycles. The maximum Gasteiger partial charge on any atom is 0.408 e. The molecule has 2 aliphatic rings. The number of likely N-dealkylation sites (tertiary alicyclic amines) is 2. The van der Waals surface area contributed by atoms with E-state index in [1.54, 1.807) is 18.6 Å². The predicted molar refractivity (Wildman–Crippen MR) is 204 cm³/mol. The number of likely N-dealkylation sites (N-methyl/N-ethyl adjacent to an activating group) is 1. The Bertz CT molecular complexity index is 2030. The summed E-state index contributed by atoms with van der Waals surface area (Å²) in [6.45, 7) is 13.2. The zero-order valence-electron chi connectivity index (χ0n) is 31.2. The Morgan fingerprint density at radius 2 is 1.51 bits per heavy atom. The third-order valence-electron chi connectivity index (χ3n) is 11.2. The van der Waals surface area contributed by atoms with E-state index < -0.39 is 11.6 Å². The molecular formula is C41H49N9O3. The van der Waals surface area contributed by atoms with E-state index in [4.69, 9.17) is 9.97 Å². The van der Waals surface area contributed by atoms with Gasteiger partial charge < -0.3 is 20.0 Å². The van der Waals surface area contributed by atoms with Crippen molar-refractivity contribution in [3.63, 3.8) is 0 Å². The molecule has 0 bridgehead atoms. The number of amides is 2. The van der Waals surface area contributed by atoms with Crippen LogP contribution < -0.4 is 0 Å². The number of carbonyl (C=O) groups excluding carboxylic acids is 1. The fourth-order valence-corrected chi connectivity index (χ4v) is 8.41. The Kier molecular flexibility index (Phi) is 9.91. The Balaban J connectivity index is 1.06. The summed E-state index contributed by atoms with van der Waals surface area (Å²) in [7, 11) is 0. The highest BCUT2D eigenvalue weighted by Gasteiger charge is 2.55. The molecule has 0 aliphatic carbocycles. The molecule has 5 heterocycles. The maximum atomic E-state index is 14.2. The molecule has 2 fully saturated rings. The highest BCUT2D eigenvalue weighted by molar-refractivity contribution is 5.84. The lowest BCUT2D eigenvalue weighted by atomic mass is 9.71. The van der Waals surface area contributed by atoms with Crippen molar-refractivity contribution in [2.24, 2.45) is 5.41 Å². The number of nitrogens with one attached hydrogen (secondary N) is 2. The summed E-state index contributed by atoms with van der Waals surface area (Å²) in [6.07, 6.45) is 9.46. The van der Waals surface area contributed by atoms with Gasteiger partial charge in [0.1, 0.15) is 23.2 Å². The first-order valence-electron chi connectivity index (χ1n) is 18.7. The van der Waals surface area contributed by atoms with Crippen LogP contribution >= 0.6 is 0 Å². The molecule has 12 heteroatoms. The van der Waals surface area contributed by atoms with E-state index in [9.17, 15) is 14.7 Å². The lowest BCUT2D eigenvalue weighted by Crippen LogP contribution is -2.53. The molecule has 276 valence electrons. The summed E-state index contributed by atoms with van der Waals surface area (Å²) in [5, 5.41) is 10.0. The van der Waals surface area contributed by atoms with E-state index in [0.29, 0.717) is 31.2 Å². The van der Waals surface area contributed by atoms with Crippen LogP contribution in [0, 0.1) is 5.41 Å². The molecule has 2 aliphatic heterocycles. The van der Waals surface area contributed by atoms with Crippen LogP contribution in [0.4, 0.5) is 4.79 Å². The van der Waals surface area contributed by atoms with Crippen molar-refractivity contribution in [1.82, 2.24) is 44.6 Å². The van der Waals surface area contributed by atoms with Gasteiger partial charge in [-0.15, -0.1) is 0 Å². The number of aromatic amines is 2. The summed E-state index contributed by atoms with van der Waals surface area (Å²) in [6, 6.07) is 17.7.